The summed E-state index contributed by atoms with van der Waals surface area (Å²) in [5.41, 5.74) is 0.0493. The summed E-state index contributed by atoms with van der Waals surface area (Å²) in [5.74, 6) is -1.77. The van der Waals surface area contributed by atoms with Crippen molar-refractivity contribution in [1.29, 1.82) is 0 Å². The highest BCUT2D eigenvalue weighted by Gasteiger charge is 2.27. The lowest BCUT2D eigenvalue weighted by atomic mass is 10.2. The van der Waals surface area contributed by atoms with Gasteiger partial charge in [-0.25, -0.2) is 8.42 Å². The molecular weight excluding hydrogens is 410 g/mol. The van der Waals surface area contributed by atoms with Gasteiger partial charge in [-0.2, -0.15) is 4.31 Å². The Labute approximate surface area is 168 Å². The normalized spacial score (nSPS) is 20.7. The van der Waals surface area contributed by atoms with Crippen LogP contribution in [0.1, 0.15) is 12.8 Å². The van der Waals surface area contributed by atoms with E-state index in [1.165, 1.54) is 22.5 Å². The quantitative estimate of drug-likeness (QED) is 0.660. The van der Waals surface area contributed by atoms with E-state index in [1.807, 2.05) is 0 Å². The number of anilines is 1. The molecule has 2 aliphatic heterocycles. The van der Waals surface area contributed by atoms with Crippen LogP contribution in [0.2, 0.25) is 5.02 Å². The Bertz CT molecular complexity index is 835. The number of rotatable bonds is 5. The molecular formula is C17H22ClN3O6S. The van der Waals surface area contributed by atoms with Gasteiger partial charge in [0, 0.05) is 26.2 Å². The second kappa shape index (κ2) is 9.19. The lowest BCUT2D eigenvalue weighted by Crippen LogP contribution is -2.40. The van der Waals surface area contributed by atoms with Crippen LogP contribution in [0.4, 0.5) is 5.69 Å². The van der Waals surface area contributed by atoms with Gasteiger partial charge in [0.05, 0.1) is 34.9 Å². The third-order valence-corrected chi connectivity index (χ3v) is 6.74. The molecule has 0 saturated carbocycles. The average Bonchev–Trinajstić information content (AvgIpc) is 3.22. The number of benzene rings is 1. The number of halogens is 1. The van der Waals surface area contributed by atoms with E-state index < -0.39 is 21.8 Å². The first-order valence-corrected chi connectivity index (χ1v) is 10.8. The molecule has 2 saturated heterocycles. The van der Waals surface area contributed by atoms with Gasteiger partial charge in [-0.1, -0.05) is 11.6 Å². The maximum atomic E-state index is 12.7. The van der Waals surface area contributed by atoms with Gasteiger partial charge in [0.1, 0.15) is 0 Å². The molecule has 0 radical (unpaired) electrons. The second-order valence-electron chi connectivity index (χ2n) is 6.46. The molecule has 0 spiro atoms. The summed E-state index contributed by atoms with van der Waals surface area (Å²) in [4.78, 5) is 24.1. The molecule has 2 aliphatic rings. The minimum absolute atomic E-state index is 0.0196. The molecule has 0 aliphatic carbocycles. The summed E-state index contributed by atoms with van der Waals surface area (Å²) >= 11 is 6.07. The predicted octanol–water partition coefficient (Wildman–Crippen LogP) is 0.595. The number of amides is 2. The molecule has 1 atom stereocenters. The van der Waals surface area contributed by atoms with Crippen molar-refractivity contribution in [2.75, 3.05) is 44.8 Å². The van der Waals surface area contributed by atoms with Crippen LogP contribution in [-0.4, -0.2) is 70.1 Å². The molecule has 154 valence electrons. The van der Waals surface area contributed by atoms with Crippen molar-refractivity contribution in [3.8, 4) is 0 Å². The number of nitrogens with one attached hydrogen (secondary N) is 2. The van der Waals surface area contributed by atoms with Gasteiger partial charge >= 0.3 is 11.8 Å². The zero-order valence-corrected chi connectivity index (χ0v) is 16.7. The lowest BCUT2D eigenvalue weighted by molar-refractivity contribution is -0.136. The largest absolute Gasteiger partial charge is 0.379 e. The fourth-order valence-electron chi connectivity index (χ4n) is 2.97. The summed E-state index contributed by atoms with van der Waals surface area (Å²) in [7, 11) is -3.75. The fourth-order valence-corrected chi connectivity index (χ4v) is 4.57. The molecule has 2 fully saturated rings. The van der Waals surface area contributed by atoms with Gasteiger partial charge in [0.15, 0.2) is 0 Å². The van der Waals surface area contributed by atoms with Gasteiger partial charge in [-0.3, -0.25) is 9.59 Å². The molecule has 11 heteroatoms. The van der Waals surface area contributed by atoms with Gasteiger partial charge in [-0.15, -0.1) is 0 Å². The molecule has 2 N–H and O–H groups in total. The SMILES string of the molecule is O=C(NCC1CCCO1)C(=O)Nc1cc(S(=O)(=O)N2CCOCC2)ccc1Cl. The molecule has 1 unspecified atom stereocenters. The molecule has 0 bridgehead atoms. The van der Waals surface area contributed by atoms with E-state index in [0.29, 0.717) is 19.8 Å². The summed E-state index contributed by atoms with van der Waals surface area (Å²) in [5, 5.41) is 5.00. The van der Waals surface area contributed by atoms with Crippen LogP contribution in [0.5, 0.6) is 0 Å². The topological polar surface area (TPSA) is 114 Å². The molecule has 1 aromatic rings. The first-order chi connectivity index (χ1) is 13.4. The van der Waals surface area contributed by atoms with Crippen LogP contribution in [0.3, 0.4) is 0 Å². The van der Waals surface area contributed by atoms with Crippen LogP contribution in [0, 0.1) is 0 Å². The summed E-state index contributed by atoms with van der Waals surface area (Å²) in [6.45, 7) is 2.03. The van der Waals surface area contributed by atoms with E-state index >= 15 is 0 Å². The van der Waals surface area contributed by atoms with Crippen molar-refractivity contribution in [1.82, 2.24) is 9.62 Å². The summed E-state index contributed by atoms with van der Waals surface area (Å²) in [6, 6.07) is 3.98. The molecule has 9 nitrogen and oxygen atoms in total. The summed E-state index contributed by atoms with van der Waals surface area (Å²) in [6.07, 6.45) is 1.66. The number of hydrogen-bond acceptors (Lipinski definition) is 6. The number of sulfonamides is 1. The average molecular weight is 432 g/mol. The number of nitrogens with zero attached hydrogens (tertiary/aromatic N) is 1. The first kappa shape index (κ1) is 21.0. The standard InChI is InChI=1S/C17H22ClN3O6S/c18-14-4-3-13(28(24,25)21-5-8-26-9-6-21)10-15(14)20-17(23)16(22)19-11-12-2-1-7-27-12/h3-4,10,12H,1-2,5-9,11H2,(H,19,22)(H,20,23). The van der Waals surface area contributed by atoms with E-state index in [1.54, 1.807) is 0 Å². The third-order valence-electron chi connectivity index (χ3n) is 4.51. The number of morpholine rings is 1. The van der Waals surface area contributed by atoms with Crippen molar-refractivity contribution in [2.24, 2.45) is 0 Å². The van der Waals surface area contributed by atoms with E-state index in [2.05, 4.69) is 10.6 Å². The maximum absolute atomic E-state index is 12.7. The molecule has 1 aromatic carbocycles. The predicted molar refractivity (Wildman–Crippen MR) is 102 cm³/mol. The first-order valence-electron chi connectivity index (χ1n) is 8.96. The Morgan fingerprint density at radius 2 is 1.93 bits per heavy atom. The van der Waals surface area contributed by atoms with Gasteiger partial charge < -0.3 is 20.1 Å². The molecule has 2 heterocycles. The van der Waals surface area contributed by atoms with Crippen molar-refractivity contribution >= 4 is 39.1 Å². The van der Waals surface area contributed by atoms with Gasteiger partial charge in [0.2, 0.25) is 10.0 Å². The molecule has 0 aromatic heterocycles. The van der Waals surface area contributed by atoms with E-state index in [4.69, 9.17) is 21.1 Å². The maximum Gasteiger partial charge on any atom is 0.313 e. The molecule has 28 heavy (non-hydrogen) atoms. The second-order valence-corrected chi connectivity index (χ2v) is 8.80. The fraction of sp³-hybridized carbons (Fsp3) is 0.529. The number of hydrogen-bond donors (Lipinski definition) is 2. The Balaban J connectivity index is 1.67. The number of ether oxygens (including phenoxy) is 2. The van der Waals surface area contributed by atoms with E-state index in [-0.39, 0.29) is 41.3 Å². The Kier molecular flexibility index (Phi) is 6.89. The van der Waals surface area contributed by atoms with Crippen LogP contribution >= 0.6 is 11.6 Å². The zero-order valence-electron chi connectivity index (χ0n) is 15.1. The lowest BCUT2D eigenvalue weighted by Gasteiger charge is -2.26. The highest BCUT2D eigenvalue weighted by atomic mass is 35.5. The van der Waals surface area contributed by atoms with Crippen molar-refractivity contribution in [2.45, 2.75) is 23.8 Å². The van der Waals surface area contributed by atoms with Gasteiger partial charge in [0.25, 0.3) is 0 Å². The summed E-state index contributed by atoms with van der Waals surface area (Å²) < 4.78 is 37.3. The van der Waals surface area contributed by atoms with Crippen LogP contribution in [0.15, 0.2) is 23.1 Å². The smallest absolute Gasteiger partial charge is 0.313 e. The molecule has 3 rings (SSSR count). The van der Waals surface area contributed by atoms with Crippen LogP contribution in [-0.2, 0) is 29.1 Å². The number of carbonyl (C=O) groups is 2. The Hall–Kier alpha value is -1.72. The monoisotopic (exact) mass is 431 g/mol. The van der Waals surface area contributed by atoms with Crippen molar-refractivity contribution < 1.29 is 27.5 Å². The Morgan fingerprint density at radius 1 is 1.18 bits per heavy atom. The van der Waals surface area contributed by atoms with E-state index in [9.17, 15) is 18.0 Å². The van der Waals surface area contributed by atoms with Crippen molar-refractivity contribution in [3.63, 3.8) is 0 Å². The zero-order chi connectivity index (χ0) is 20.1. The van der Waals surface area contributed by atoms with E-state index in [0.717, 1.165) is 12.8 Å². The highest BCUT2D eigenvalue weighted by molar-refractivity contribution is 7.89. The van der Waals surface area contributed by atoms with Crippen LogP contribution in [0.25, 0.3) is 0 Å². The highest BCUT2D eigenvalue weighted by Crippen LogP contribution is 2.27. The third kappa shape index (κ3) is 5.00. The van der Waals surface area contributed by atoms with Crippen LogP contribution < -0.4 is 10.6 Å². The number of carbonyl (C=O) groups excluding carboxylic acids is 2. The Morgan fingerprint density at radius 3 is 2.61 bits per heavy atom. The van der Waals surface area contributed by atoms with Gasteiger partial charge in [-0.05, 0) is 31.0 Å². The van der Waals surface area contributed by atoms with Crippen molar-refractivity contribution in [3.05, 3.63) is 23.2 Å². The minimum Gasteiger partial charge on any atom is -0.379 e. The molecule has 2 amide bonds. The minimum atomic E-state index is -3.75.